The zero-order valence-electron chi connectivity index (χ0n) is 20.4. The molecule has 37 heavy (non-hydrogen) atoms. The normalized spacial score (nSPS) is 16.0. The van der Waals surface area contributed by atoms with Gasteiger partial charge < -0.3 is 30.0 Å². The number of hydrogen-bond donors (Lipinski definition) is 4. The third kappa shape index (κ3) is 6.95. The van der Waals surface area contributed by atoms with Crippen molar-refractivity contribution in [3.63, 3.8) is 0 Å². The highest BCUT2D eigenvalue weighted by molar-refractivity contribution is 5.95. The van der Waals surface area contributed by atoms with Crippen LogP contribution in [0.4, 0.5) is 10.5 Å². The van der Waals surface area contributed by atoms with E-state index in [9.17, 15) is 24.8 Å². The van der Waals surface area contributed by atoms with E-state index in [2.05, 4.69) is 21.2 Å². The first-order chi connectivity index (χ1) is 17.7. The van der Waals surface area contributed by atoms with Crippen LogP contribution in [0.1, 0.15) is 31.0 Å². The van der Waals surface area contributed by atoms with E-state index in [-0.39, 0.29) is 17.9 Å². The molecular weight excluding hydrogens is 486 g/mol. The summed E-state index contributed by atoms with van der Waals surface area (Å²) in [4.78, 5) is 34.7. The Morgan fingerprint density at radius 3 is 2.76 bits per heavy atom. The van der Waals surface area contributed by atoms with Gasteiger partial charge in [0.25, 0.3) is 5.69 Å². The number of nitrogens with zero attached hydrogens (tertiary/aromatic N) is 2. The molecule has 0 spiro atoms. The number of nitro groups is 1. The number of allylic oxidation sites excluding steroid dienone is 1. The number of nitro benzene ring substituents is 1. The van der Waals surface area contributed by atoms with E-state index < -0.39 is 29.2 Å². The van der Waals surface area contributed by atoms with Gasteiger partial charge in [0.15, 0.2) is 17.7 Å². The summed E-state index contributed by atoms with van der Waals surface area (Å²) in [5.74, 6) is 0.0600. The van der Waals surface area contributed by atoms with E-state index in [0.717, 1.165) is 0 Å². The lowest BCUT2D eigenvalue weighted by Gasteiger charge is -2.28. The van der Waals surface area contributed by atoms with Crippen molar-refractivity contribution in [1.82, 2.24) is 16.1 Å². The van der Waals surface area contributed by atoms with Crippen molar-refractivity contribution in [2.45, 2.75) is 26.1 Å². The summed E-state index contributed by atoms with van der Waals surface area (Å²) in [5.41, 5.74) is 4.06. The third-order valence-electron chi connectivity index (χ3n) is 5.19. The number of aliphatic hydroxyl groups excluding tert-OH is 1. The molecule has 4 N–H and O–H groups in total. The minimum absolute atomic E-state index is 0.0758. The molecule has 2 amide bonds. The number of ether oxygens (including phenoxy) is 3. The number of non-ortho nitro benzene ring substituents is 1. The van der Waals surface area contributed by atoms with Crippen LogP contribution >= 0.6 is 0 Å². The van der Waals surface area contributed by atoms with Gasteiger partial charge in [-0.25, -0.2) is 9.59 Å². The molecule has 0 saturated heterocycles. The topological polar surface area (TPSA) is 174 Å². The molecule has 2 aromatic rings. The number of urea groups is 1. The first-order valence-corrected chi connectivity index (χ1v) is 11.2. The summed E-state index contributed by atoms with van der Waals surface area (Å²) in [5, 5.41) is 30.2. The summed E-state index contributed by atoms with van der Waals surface area (Å²) in [7, 11) is 1.26. The van der Waals surface area contributed by atoms with Crippen molar-refractivity contribution >= 4 is 23.9 Å². The van der Waals surface area contributed by atoms with Gasteiger partial charge in [-0.1, -0.05) is 18.2 Å². The Kier molecular flexibility index (Phi) is 9.00. The summed E-state index contributed by atoms with van der Waals surface area (Å²) >= 11 is 0. The Hall–Kier alpha value is -4.65. The largest absolute Gasteiger partial charge is 0.490 e. The number of benzene rings is 2. The summed E-state index contributed by atoms with van der Waals surface area (Å²) in [6.07, 6.45) is 0.127. The fraction of sp³-hybridized carbons (Fsp3) is 0.292. The molecule has 196 valence electrons. The summed E-state index contributed by atoms with van der Waals surface area (Å²) in [6.45, 7) is 3.49. The van der Waals surface area contributed by atoms with Gasteiger partial charge in [0, 0.05) is 23.4 Å². The fourth-order valence-corrected chi connectivity index (χ4v) is 3.54. The average molecular weight is 514 g/mol. The zero-order chi connectivity index (χ0) is 26.9. The van der Waals surface area contributed by atoms with Gasteiger partial charge >= 0.3 is 12.0 Å². The van der Waals surface area contributed by atoms with Crippen LogP contribution in [-0.2, 0) is 9.53 Å². The van der Waals surface area contributed by atoms with Crippen molar-refractivity contribution in [3.05, 3.63) is 75.0 Å². The number of rotatable bonds is 11. The van der Waals surface area contributed by atoms with E-state index in [4.69, 9.17) is 14.2 Å². The fourth-order valence-electron chi connectivity index (χ4n) is 3.54. The molecule has 1 aliphatic heterocycles. The molecule has 13 nitrogen and oxygen atoms in total. The lowest BCUT2D eigenvalue weighted by Crippen LogP contribution is -2.45. The second-order valence-corrected chi connectivity index (χ2v) is 7.77. The van der Waals surface area contributed by atoms with Crippen molar-refractivity contribution < 1.29 is 33.8 Å². The van der Waals surface area contributed by atoms with Crippen LogP contribution in [0, 0.1) is 10.1 Å². The number of hydrogen-bond acceptors (Lipinski definition) is 10. The molecule has 0 bridgehead atoms. The maximum atomic E-state index is 12.3. The van der Waals surface area contributed by atoms with Crippen molar-refractivity contribution in [1.29, 1.82) is 0 Å². The predicted octanol–water partition coefficient (Wildman–Crippen LogP) is 2.12. The molecule has 2 atom stereocenters. The van der Waals surface area contributed by atoms with E-state index in [0.29, 0.717) is 34.9 Å². The minimum Gasteiger partial charge on any atom is -0.490 e. The predicted molar refractivity (Wildman–Crippen MR) is 132 cm³/mol. The first kappa shape index (κ1) is 26.9. The maximum absolute atomic E-state index is 12.3. The summed E-state index contributed by atoms with van der Waals surface area (Å²) < 4.78 is 16.2. The lowest BCUT2D eigenvalue weighted by atomic mass is 9.95. The molecular formula is C24H27N5O8. The van der Waals surface area contributed by atoms with E-state index in [1.54, 1.807) is 38.1 Å². The van der Waals surface area contributed by atoms with Gasteiger partial charge in [0.05, 0.1) is 36.5 Å². The number of aliphatic hydroxyl groups is 1. The van der Waals surface area contributed by atoms with Crippen molar-refractivity contribution in [2.24, 2.45) is 5.10 Å². The van der Waals surface area contributed by atoms with Crippen LogP contribution in [0.3, 0.4) is 0 Å². The quantitative estimate of drug-likeness (QED) is 0.115. The van der Waals surface area contributed by atoms with Gasteiger partial charge in [-0.3, -0.25) is 15.5 Å². The Morgan fingerprint density at radius 1 is 1.27 bits per heavy atom. The Bertz CT molecular complexity index is 1230. The van der Waals surface area contributed by atoms with E-state index in [1.165, 1.54) is 31.5 Å². The number of amides is 2. The molecule has 1 aliphatic rings. The summed E-state index contributed by atoms with van der Waals surface area (Å²) in [6, 6.07) is 9.51. The minimum atomic E-state index is -1.20. The van der Waals surface area contributed by atoms with Crippen LogP contribution in [-0.4, -0.2) is 54.8 Å². The second-order valence-electron chi connectivity index (χ2n) is 7.77. The second kappa shape index (κ2) is 12.4. The number of hydrazone groups is 1. The lowest BCUT2D eigenvalue weighted by molar-refractivity contribution is -0.384. The van der Waals surface area contributed by atoms with Crippen molar-refractivity contribution in [3.8, 4) is 11.5 Å². The third-order valence-corrected chi connectivity index (χ3v) is 5.19. The van der Waals surface area contributed by atoms with Crippen LogP contribution in [0.15, 0.2) is 58.8 Å². The number of nitrogens with one attached hydrogen (secondary N) is 3. The monoisotopic (exact) mass is 513 g/mol. The number of carbonyl (C=O) groups is 2. The molecule has 13 heteroatoms. The molecule has 2 aromatic carbocycles. The molecule has 0 radical (unpaired) electrons. The molecule has 0 fully saturated rings. The molecule has 0 unspecified atom stereocenters. The number of methoxy groups -OCH3 is 1. The highest BCUT2D eigenvalue weighted by Gasteiger charge is 2.32. The zero-order valence-corrected chi connectivity index (χ0v) is 20.4. The van der Waals surface area contributed by atoms with Crippen LogP contribution in [0.25, 0.3) is 0 Å². The van der Waals surface area contributed by atoms with Gasteiger partial charge in [-0.2, -0.15) is 5.10 Å². The van der Waals surface area contributed by atoms with E-state index in [1.807, 2.05) is 0 Å². The molecule has 1 heterocycles. The maximum Gasteiger partial charge on any atom is 0.337 e. The van der Waals surface area contributed by atoms with Crippen LogP contribution < -0.4 is 25.5 Å². The molecule has 0 saturated carbocycles. The van der Waals surface area contributed by atoms with Gasteiger partial charge in [0.1, 0.15) is 6.61 Å². The number of esters is 1. The van der Waals surface area contributed by atoms with Crippen molar-refractivity contribution in [2.75, 3.05) is 20.3 Å². The van der Waals surface area contributed by atoms with Gasteiger partial charge in [-0.15, -0.1) is 0 Å². The van der Waals surface area contributed by atoms with E-state index >= 15 is 0 Å². The van der Waals surface area contributed by atoms with Crippen LogP contribution in [0.5, 0.6) is 11.5 Å². The Balaban J connectivity index is 1.70. The first-order valence-electron chi connectivity index (χ1n) is 11.2. The van der Waals surface area contributed by atoms with Gasteiger partial charge in [-0.05, 0) is 31.5 Å². The Labute approximate surface area is 212 Å². The van der Waals surface area contributed by atoms with Gasteiger partial charge in [0.2, 0.25) is 0 Å². The van der Waals surface area contributed by atoms with Crippen LogP contribution in [0.2, 0.25) is 0 Å². The highest BCUT2D eigenvalue weighted by atomic mass is 16.6. The Morgan fingerprint density at radius 2 is 2.05 bits per heavy atom. The highest BCUT2D eigenvalue weighted by Crippen LogP contribution is 2.34. The standard InChI is InChI=1S/C24H27N5O8/c1-4-36-19-11-16(22-21(23(31)35-3)14(2)26-24(32)27-22)8-9-18(19)37-13-20(30)28-25-12-15-6-5-7-17(10-15)29(33)34/h5-12,20,22,28,30H,4,13H2,1-3H3,(H2,26,27,32)/b25-12-/t20-,22+/m1/s1. The molecule has 0 aromatic heterocycles. The molecule has 0 aliphatic carbocycles. The number of carbonyl (C=O) groups excluding carboxylic acids is 2. The SMILES string of the molecule is CCOc1cc([C@@H]2NC(=O)NC(C)=C2C(=O)OC)ccc1OC[C@@H](O)N/N=C\c1cccc([N+](=O)[O-])c1. The molecule has 3 rings (SSSR count). The smallest absolute Gasteiger partial charge is 0.337 e. The average Bonchev–Trinajstić information content (AvgIpc) is 2.87.